The highest BCUT2D eigenvalue weighted by Crippen LogP contribution is 2.13. The van der Waals surface area contributed by atoms with Crippen LogP contribution in [0.25, 0.3) is 0 Å². The molecule has 26 heavy (non-hydrogen) atoms. The number of carboxylic acid groups (broad SMARTS) is 2. The van der Waals surface area contributed by atoms with Gasteiger partial charge >= 0.3 is 18.1 Å². The summed E-state index contributed by atoms with van der Waals surface area (Å²) < 4.78 is 31.7. The predicted molar refractivity (Wildman–Crippen MR) is 87.0 cm³/mol. The van der Waals surface area contributed by atoms with Gasteiger partial charge in [-0.1, -0.05) is 6.42 Å². The van der Waals surface area contributed by atoms with E-state index in [1.54, 1.807) is 0 Å². The van der Waals surface area contributed by atoms with Gasteiger partial charge in [0.2, 0.25) is 5.91 Å². The van der Waals surface area contributed by atoms with Crippen molar-refractivity contribution in [1.29, 1.82) is 0 Å². The first kappa shape index (κ1) is 26.3. The maximum atomic E-state index is 11.6. The molecule has 12 heteroatoms. The van der Waals surface area contributed by atoms with Crippen LogP contribution in [0.1, 0.15) is 38.5 Å². The summed E-state index contributed by atoms with van der Waals surface area (Å²) in [6.45, 7) is 1.11. The number of amides is 1. The lowest BCUT2D eigenvalue weighted by atomic mass is 10.1. The number of hydrogen-bond acceptors (Lipinski definition) is 6. The number of alkyl halides is 3. The molecule has 0 saturated carbocycles. The summed E-state index contributed by atoms with van der Waals surface area (Å²) in [6.07, 6.45) is -0.967. The van der Waals surface area contributed by atoms with E-state index in [2.05, 4.69) is 5.32 Å². The van der Waals surface area contributed by atoms with Crippen LogP contribution in [-0.2, 0) is 14.4 Å². The molecule has 0 bridgehead atoms. The lowest BCUT2D eigenvalue weighted by Gasteiger charge is -2.12. The monoisotopic (exact) mass is 388 g/mol. The van der Waals surface area contributed by atoms with Gasteiger partial charge in [-0.2, -0.15) is 13.2 Å². The Bertz CT molecular complexity index is 435. The van der Waals surface area contributed by atoms with Gasteiger partial charge in [-0.3, -0.25) is 9.59 Å². The van der Waals surface area contributed by atoms with Crippen molar-refractivity contribution < 1.29 is 37.8 Å². The molecule has 9 nitrogen and oxygen atoms in total. The van der Waals surface area contributed by atoms with E-state index >= 15 is 0 Å². The molecule has 0 aliphatic rings. The van der Waals surface area contributed by atoms with Gasteiger partial charge in [-0.05, 0) is 38.6 Å². The minimum absolute atomic E-state index is 0.167. The number of carboxylic acids is 2. The zero-order valence-electron chi connectivity index (χ0n) is 14.3. The second kappa shape index (κ2) is 14.3. The summed E-state index contributed by atoms with van der Waals surface area (Å²) >= 11 is 0. The first-order valence-corrected chi connectivity index (χ1v) is 7.95. The highest BCUT2D eigenvalue weighted by atomic mass is 19.4. The molecule has 0 aromatic carbocycles. The van der Waals surface area contributed by atoms with Crippen LogP contribution in [0.3, 0.4) is 0 Å². The van der Waals surface area contributed by atoms with Crippen molar-refractivity contribution in [2.75, 3.05) is 13.1 Å². The quantitative estimate of drug-likeness (QED) is 0.262. The first-order chi connectivity index (χ1) is 11.9. The fourth-order valence-electron chi connectivity index (χ4n) is 1.60. The highest BCUT2D eigenvalue weighted by molar-refractivity contribution is 5.81. The van der Waals surface area contributed by atoms with Crippen LogP contribution < -0.4 is 22.5 Å². The Balaban J connectivity index is 0. The summed E-state index contributed by atoms with van der Waals surface area (Å²) in [5.41, 5.74) is 16.4. The van der Waals surface area contributed by atoms with Crippen LogP contribution in [0, 0.1) is 0 Å². The molecule has 0 radical (unpaired) electrons. The van der Waals surface area contributed by atoms with E-state index < -0.39 is 30.2 Å². The number of halogens is 3. The fraction of sp³-hybridized carbons (Fsp3) is 0.786. The van der Waals surface area contributed by atoms with Crippen molar-refractivity contribution in [3.8, 4) is 0 Å². The van der Waals surface area contributed by atoms with Crippen LogP contribution in [0.2, 0.25) is 0 Å². The Kier molecular flexibility index (Phi) is 14.4. The van der Waals surface area contributed by atoms with Crippen molar-refractivity contribution >= 4 is 17.8 Å². The molecular formula is C14H27F3N4O5. The molecule has 0 rings (SSSR count). The Hall–Kier alpha value is -1.92. The van der Waals surface area contributed by atoms with E-state index in [4.69, 9.17) is 32.2 Å². The van der Waals surface area contributed by atoms with Crippen LogP contribution in [0.15, 0.2) is 0 Å². The van der Waals surface area contributed by atoms with Crippen LogP contribution in [0.4, 0.5) is 13.2 Å². The number of carbonyl (C=O) groups excluding carboxylic acids is 1. The van der Waals surface area contributed by atoms with Gasteiger partial charge in [0, 0.05) is 6.54 Å². The summed E-state index contributed by atoms with van der Waals surface area (Å²) in [6, 6.07) is -1.32. The van der Waals surface area contributed by atoms with Crippen LogP contribution in [-0.4, -0.2) is 59.4 Å². The molecule has 1 amide bonds. The highest BCUT2D eigenvalue weighted by Gasteiger charge is 2.38. The SMILES string of the molecule is NCCCC[C@H](N)C(=O)NCCCC[C@H](N)C(=O)O.O=C(O)C(F)(F)F. The molecule has 2 atom stereocenters. The molecule has 0 aliphatic carbocycles. The third-order valence-electron chi connectivity index (χ3n) is 3.11. The molecule has 0 aromatic heterocycles. The third kappa shape index (κ3) is 15.6. The maximum Gasteiger partial charge on any atom is 0.490 e. The van der Waals surface area contributed by atoms with Gasteiger partial charge in [0.1, 0.15) is 6.04 Å². The topological polar surface area (TPSA) is 182 Å². The Labute approximate surface area is 149 Å². The molecule has 0 aliphatic heterocycles. The van der Waals surface area contributed by atoms with Gasteiger partial charge in [0.05, 0.1) is 6.04 Å². The van der Waals surface area contributed by atoms with E-state index in [0.717, 1.165) is 12.8 Å². The van der Waals surface area contributed by atoms with Gasteiger partial charge < -0.3 is 32.7 Å². The molecule has 0 heterocycles. The molecule has 154 valence electrons. The number of nitrogens with one attached hydrogen (secondary N) is 1. The molecule has 9 N–H and O–H groups in total. The summed E-state index contributed by atoms with van der Waals surface area (Å²) in [5, 5.41) is 18.4. The molecule has 0 spiro atoms. The van der Waals surface area contributed by atoms with Gasteiger partial charge in [0.15, 0.2) is 0 Å². The van der Waals surface area contributed by atoms with Gasteiger partial charge in [0.25, 0.3) is 0 Å². The Morgan fingerprint density at radius 1 is 0.923 bits per heavy atom. The van der Waals surface area contributed by atoms with Crippen molar-refractivity contribution in [3.63, 3.8) is 0 Å². The second-order valence-electron chi connectivity index (χ2n) is 5.43. The van der Waals surface area contributed by atoms with Gasteiger partial charge in [-0.15, -0.1) is 0 Å². The molecule has 0 unspecified atom stereocenters. The zero-order chi connectivity index (χ0) is 20.8. The zero-order valence-corrected chi connectivity index (χ0v) is 14.3. The Morgan fingerprint density at radius 3 is 1.81 bits per heavy atom. The number of rotatable bonds is 11. The van der Waals surface area contributed by atoms with Crippen molar-refractivity contribution in [3.05, 3.63) is 0 Å². The first-order valence-electron chi connectivity index (χ1n) is 7.95. The summed E-state index contributed by atoms with van der Waals surface area (Å²) in [7, 11) is 0. The minimum Gasteiger partial charge on any atom is -0.480 e. The number of hydrogen-bond donors (Lipinski definition) is 6. The maximum absolute atomic E-state index is 11.6. The van der Waals surface area contributed by atoms with Gasteiger partial charge in [-0.25, -0.2) is 4.79 Å². The standard InChI is InChI=1S/C12H26N4O3.C2HF3O2/c13-7-3-1-5-9(14)11(17)16-8-4-2-6-10(15)12(18)19;3-2(4,5)1(6)7/h9-10H,1-8,13-15H2,(H,16,17)(H,18,19);(H,6,7)/t9-,10-;/m0./s1. The number of nitrogens with two attached hydrogens (primary N) is 3. The number of unbranched alkanes of at least 4 members (excludes halogenated alkanes) is 2. The molecule has 0 aromatic rings. The van der Waals surface area contributed by atoms with Crippen molar-refractivity contribution in [2.24, 2.45) is 17.2 Å². The average Bonchev–Trinajstić information content (AvgIpc) is 2.53. The summed E-state index contributed by atoms with van der Waals surface area (Å²) in [5.74, 6) is -3.92. The normalized spacial score (nSPS) is 13.2. The summed E-state index contributed by atoms with van der Waals surface area (Å²) in [4.78, 5) is 30.9. The fourth-order valence-corrected chi connectivity index (χ4v) is 1.60. The number of aliphatic carboxylic acids is 2. The average molecular weight is 388 g/mol. The van der Waals surface area contributed by atoms with Crippen molar-refractivity contribution in [1.82, 2.24) is 5.32 Å². The van der Waals surface area contributed by atoms with E-state index in [9.17, 15) is 22.8 Å². The second-order valence-corrected chi connectivity index (χ2v) is 5.43. The minimum atomic E-state index is -5.08. The van der Waals surface area contributed by atoms with E-state index in [1.165, 1.54) is 0 Å². The largest absolute Gasteiger partial charge is 0.490 e. The molecular weight excluding hydrogens is 361 g/mol. The Morgan fingerprint density at radius 2 is 1.38 bits per heavy atom. The van der Waals surface area contributed by atoms with Crippen LogP contribution >= 0.6 is 0 Å². The van der Waals surface area contributed by atoms with E-state index in [0.29, 0.717) is 38.8 Å². The predicted octanol–water partition coefficient (Wildman–Crippen LogP) is -0.226. The lowest BCUT2D eigenvalue weighted by Crippen LogP contribution is -2.41. The van der Waals surface area contributed by atoms with Crippen molar-refractivity contribution in [2.45, 2.75) is 56.8 Å². The molecule has 0 saturated heterocycles. The van der Waals surface area contributed by atoms with E-state index in [-0.39, 0.29) is 5.91 Å². The smallest absolute Gasteiger partial charge is 0.480 e. The lowest BCUT2D eigenvalue weighted by molar-refractivity contribution is -0.192. The molecule has 0 fully saturated rings. The third-order valence-corrected chi connectivity index (χ3v) is 3.11. The number of carbonyl (C=O) groups is 3. The van der Waals surface area contributed by atoms with E-state index in [1.807, 2.05) is 0 Å². The van der Waals surface area contributed by atoms with Crippen LogP contribution in [0.5, 0.6) is 0 Å².